The number of aliphatic hydroxyl groups excluding tert-OH is 2. The first-order chi connectivity index (χ1) is 9.76. The molecule has 1 atom stereocenters. The quantitative estimate of drug-likeness (QED) is 0.788. The van der Waals surface area contributed by atoms with Gasteiger partial charge in [-0.3, -0.25) is 4.79 Å². The summed E-state index contributed by atoms with van der Waals surface area (Å²) < 4.78 is 5.26. The normalized spacial score (nSPS) is 18.5. The Balaban J connectivity index is 2.07. The number of rotatable bonds is 3. The van der Waals surface area contributed by atoms with Crippen molar-refractivity contribution >= 4 is 17.2 Å². The van der Waals surface area contributed by atoms with E-state index >= 15 is 0 Å². The van der Waals surface area contributed by atoms with Gasteiger partial charge in [0.2, 0.25) is 0 Å². The lowest BCUT2D eigenvalue weighted by Gasteiger charge is -2.34. The van der Waals surface area contributed by atoms with Crippen LogP contribution in [0.1, 0.15) is 21.7 Å². The van der Waals surface area contributed by atoms with Gasteiger partial charge in [0.15, 0.2) is 0 Å². The Morgan fingerprint density at radius 2 is 2.40 bits per heavy atom. The third kappa shape index (κ3) is 3.58. The highest BCUT2D eigenvalue weighted by Gasteiger charge is 2.27. The predicted molar refractivity (Wildman–Crippen MR) is 75.6 cm³/mol. The van der Waals surface area contributed by atoms with Crippen molar-refractivity contribution in [2.24, 2.45) is 0 Å². The predicted octanol–water partition coefficient (Wildman–Crippen LogP) is 0.315. The van der Waals surface area contributed by atoms with Crippen molar-refractivity contribution in [3.8, 4) is 11.8 Å². The highest BCUT2D eigenvalue weighted by atomic mass is 32.1. The first-order valence-electron chi connectivity index (χ1n) is 6.44. The molecule has 108 valence electrons. The molecule has 5 nitrogen and oxygen atoms in total. The van der Waals surface area contributed by atoms with E-state index in [9.17, 15) is 9.90 Å². The number of amides is 1. The maximum atomic E-state index is 12.4. The zero-order chi connectivity index (χ0) is 14.4. The fourth-order valence-corrected chi connectivity index (χ4v) is 2.71. The summed E-state index contributed by atoms with van der Waals surface area (Å²) in [5, 5.41) is 19.7. The lowest BCUT2D eigenvalue weighted by Crippen LogP contribution is -2.50. The monoisotopic (exact) mass is 295 g/mol. The van der Waals surface area contributed by atoms with E-state index in [1.165, 1.54) is 11.3 Å². The summed E-state index contributed by atoms with van der Waals surface area (Å²) in [4.78, 5) is 14.8. The fraction of sp³-hybridized carbons (Fsp3) is 0.500. The molecule has 1 saturated heterocycles. The third-order valence-corrected chi connectivity index (χ3v) is 3.84. The lowest BCUT2D eigenvalue weighted by atomic mass is 10.2. The van der Waals surface area contributed by atoms with E-state index in [1.54, 1.807) is 16.3 Å². The molecular formula is C14H17NO4S. The van der Waals surface area contributed by atoms with E-state index in [1.807, 2.05) is 0 Å². The van der Waals surface area contributed by atoms with Gasteiger partial charge in [0.25, 0.3) is 5.91 Å². The molecule has 1 amide bonds. The van der Waals surface area contributed by atoms with E-state index in [4.69, 9.17) is 9.84 Å². The minimum atomic E-state index is -0.278. The van der Waals surface area contributed by atoms with E-state index < -0.39 is 0 Å². The van der Waals surface area contributed by atoms with E-state index in [0.717, 1.165) is 4.88 Å². The van der Waals surface area contributed by atoms with Gasteiger partial charge in [0.05, 0.1) is 42.9 Å². The summed E-state index contributed by atoms with van der Waals surface area (Å²) in [7, 11) is 0. The number of hydrogen-bond donors (Lipinski definition) is 2. The van der Waals surface area contributed by atoms with Gasteiger partial charge >= 0.3 is 0 Å². The topological polar surface area (TPSA) is 70.0 Å². The van der Waals surface area contributed by atoms with Crippen molar-refractivity contribution in [1.29, 1.82) is 0 Å². The van der Waals surface area contributed by atoms with Crippen LogP contribution in [0, 0.1) is 11.8 Å². The molecule has 20 heavy (non-hydrogen) atoms. The second kappa shape index (κ2) is 7.41. The summed E-state index contributed by atoms with van der Waals surface area (Å²) in [6.07, 6.45) is 0.428. The van der Waals surface area contributed by atoms with Crippen LogP contribution in [0.15, 0.2) is 11.4 Å². The molecule has 0 radical (unpaired) electrons. The minimum Gasteiger partial charge on any atom is -0.395 e. The molecule has 1 aliphatic rings. The van der Waals surface area contributed by atoms with Crippen LogP contribution in [-0.2, 0) is 4.74 Å². The molecule has 0 aromatic carbocycles. The van der Waals surface area contributed by atoms with Gasteiger partial charge in [0.1, 0.15) is 0 Å². The van der Waals surface area contributed by atoms with Crippen LogP contribution in [-0.4, -0.2) is 60.0 Å². The molecule has 2 N–H and O–H groups in total. The number of carbonyl (C=O) groups excluding carboxylic acids is 1. The molecule has 1 fully saturated rings. The van der Waals surface area contributed by atoms with E-state index in [0.29, 0.717) is 31.7 Å². The summed E-state index contributed by atoms with van der Waals surface area (Å²) in [5.74, 6) is 5.64. The van der Waals surface area contributed by atoms with Crippen LogP contribution in [0.2, 0.25) is 0 Å². The van der Waals surface area contributed by atoms with Gasteiger partial charge in [0, 0.05) is 18.3 Å². The fourth-order valence-electron chi connectivity index (χ4n) is 1.96. The largest absolute Gasteiger partial charge is 0.395 e. The third-order valence-electron chi connectivity index (χ3n) is 2.99. The highest BCUT2D eigenvalue weighted by Crippen LogP contribution is 2.18. The Labute approximate surface area is 121 Å². The number of nitrogens with zero attached hydrogens (tertiary/aromatic N) is 1. The molecule has 0 bridgehead atoms. The smallest absolute Gasteiger partial charge is 0.255 e. The Bertz CT molecular complexity index is 517. The Morgan fingerprint density at radius 3 is 3.15 bits per heavy atom. The van der Waals surface area contributed by atoms with Crippen molar-refractivity contribution in [2.45, 2.75) is 12.5 Å². The van der Waals surface area contributed by atoms with Crippen LogP contribution >= 0.6 is 11.3 Å². The first kappa shape index (κ1) is 15.0. The Hall–Kier alpha value is -1.39. The maximum absolute atomic E-state index is 12.4. The van der Waals surface area contributed by atoms with Gasteiger partial charge < -0.3 is 19.8 Å². The Kier molecular flexibility index (Phi) is 5.56. The molecular weight excluding hydrogens is 278 g/mol. The van der Waals surface area contributed by atoms with Crippen LogP contribution in [0.25, 0.3) is 0 Å². The molecule has 0 aliphatic carbocycles. The number of thiophene rings is 1. The summed E-state index contributed by atoms with van der Waals surface area (Å²) >= 11 is 1.40. The molecule has 0 saturated carbocycles. The average Bonchev–Trinajstić information content (AvgIpc) is 2.95. The molecule has 1 aromatic rings. The summed E-state index contributed by atoms with van der Waals surface area (Å²) in [6.45, 7) is 1.30. The van der Waals surface area contributed by atoms with Crippen molar-refractivity contribution in [1.82, 2.24) is 4.90 Å². The number of morpholine rings is 1. The summed E-state index contributed by atoms with van der Waals surface area (Å²) in [5.41, 5.74) is 0.587. The van der Waals surface area contributed by atoms with Gasteiger partial charge in [-0.15, -0.1) is 11.3 Å². The number of aliphatic hydroxyl groups is 2. The maximum Gasteiger partial charge on any atom is 0.255 e. The van der Waals surface area contributed by atoms with Crippen molar-refractivity contribution in [3.05, 3.63) is 21.9 Å². The highest BCUT2D eigenvalue weighted by molar-refractivity contribution is 7.10. The SMILES string of the molecule is O=C(c1csc(C#CCCO)c1)N1CCOCC1CO. The van der Waals surface area contributed by atoms with Crippen LogP contribution in [0.4, 0.5) is 0 Å². The van der Waals surface area contributed by atoms with Crippen molar-refractivity contribution < 1.29 is 19.7 Å². The summed E-state index contributed by atoms with van der Waals surface area (Å²) in [6, 6.07) is 1.47. The van der Waals surface area contributed by atoms with Crippen molar-refractivity contribution in [2.75, 3.05) is 33.0 Å². The zero-order valence-corrected chi connectivity index (χ0v) is 11.9. The number of ether oxygens (including phenoxy) is 1. The average molecular weight is 295 g/mol. The van der Waals surface area contributed by atoms with Gasteiger partial charge in [-0.1, -0.05) is 11.8 Å². The van der Waals surface area contributed by atoms with Crippen LogP contribution < -0.4 is 0 Å². The zero-order valence-electron chi connectivity index (χ0n) is 11.0. The first-order valence-corrected chi connectivity index (χ1v) is 7.32. The second-order valence-electron chi connectivity index (χ2n) is 4.38. The number of hydrogen-bond acceptors (Lipinski definition) is 5. The second-order valence-corrected chi connectivity index (χ2v) is 5.30. The number of carbonyl (C=O) groups is 1. The van der Waals surface area contributed by atoms with Crippen LogP contribution in [0.3, 0.4) is 0 Å². The van der Waals surface area contributed by atoms with E-state index in [-0.39, 0.29) is 25.2 Å². The molecule has 1 aromatic heterocycles. The molecule has 1 unspecified atom stereocenters. The molecule has 6 heteroatoms. The molecule has 2 rings (SSSR count). The molecule has 2 heterocycles. The molecule has 0 spiro atoms. The molecule has 1 aliphatic heterocycles. The standard InChI is InChI=1S/C14H17NO4S/c16-5-2-1-3-13-7-11(10-20-13)14(18)15-4-6-19-9-12(15)8-17/h7,10,12,16-17H,2,4-6,8-9H2. The Morgan fingerprint density at radius 1 is 1.55 bits per heavy atom. The van der Waals surface area contributed by atoms with Gasteiger partial charge in [-0.05, 0) is 6.07 Å². The van der Waals surface area contributed by atoms with Gasteiger partial charge in [-0.2, -0.15) is 0 Å². The van der Waals surface area contributed by atoms with Gasteiger partial charge in [-0.25, -0.2) is 0 Å². The van der Waals surface area contributed by atoms with Crippen molar-refractivity contribution in [3.63, 3.8) is 0 Å². The van der Waals surface area contributed by atoms with Crippen LogP contribution in [0.5, 0.6) is 0 Å². The minimum absolute atomic E-state index is 0.0378. The lowest BCUT2D eigenvalue weighted by molar-refractivity contribution is -0.0183. The van der Waals surface area contributed by atoms with E-state index in [2.05, 4.69) is 11.8 Å².